The molecule has 0 unspecified atom stereocenters. The maximum absolute atomic E-state index is 13.7. The summed E-state index contributed by atoms with van der Waals surface area (Å²) in [5.41, 5.74) is 1.22. The van der Waals surface area contributed by atoms with Gasteiger partial charge in [-0.25, -0.2) is 4.79 Å². The number of rotatable bonds is 6. The third kappa shape index (κ3) is 4.58. The van der Waals surface area contributed by atoms with Crippen molar-refractivity contribution in [2.24, 2.45) is 5.92 Å². The maximum Gasteiger partial charge on any atom is 0.358 e. The second kappa shape index (κ2) is 9.60. The number of aromatic nitrogens is 2. The van der Waals surface area contributed by atoms with Gasteiger partial charge in [-0.05, 0) is 63.5 Å². The number of esters is 1. The second-order valence-corrected chi connectivity index (χ2v) is 9.81. The van der Waals surface area contributed by atoms with E-state index in [2.05, 4.69) is 17.3 Å². The van der Waals surface area contributed by atoms with E-state index in [-0.39, 0.29) is 48.9 Å². The zero-order valence-corrected chi connectivity index (χ0v) is 20.5. The topological polar surface area (TPSA) is 93.5 Å². The molecule has 182 valence electrons. The predicted molar refractivity (Wildman–Crippen MR) is 127 cm³/mol. The summed E-state index contributed by atoms with van der Waals surface area (Å²) in [5.74, 6) is -0.420. The molecule has 2 aliphatic rings. The number of amides is 2. The lowest BCUT2D eigenvalue weighted by atomic mass is 9.86. The van der Waals surface area contributed by atoms with Crippen LogP contribution in [-0.4, -0.2) is 50.7 Å². The Morgan fingerprint density at radius 1 is 1.21 bits per heavy atom. The van der Waals surface area contributed by atoms with Crippen LogP contribution in [0.1, 0.15) is 78.6 Å². The average molecular weight is 467 g/mol. The number of hydrogen-bond donors (Lipinski definition) is 1. The Balaban J connectivity index is 1.68. The third-order valence-corrected chi connectivity index (χ3v) is 7.21. The minimum atomic E-state index is -1.16. The lowest BCUT2D eigenvalue weighted by Crippen LogP contribution is -2.64. The lowest BCUT2D eigenvalue weighted by molar-refractivity contribution is -0.134. The van der Waals surface area contributed by atoms with Gasteiger partial charge in [0, 0.05) is 18.7 Å². The molecule has 1 aromatic carbocycles. The molecule has 1 saturated carbocycles. The van der Waals surface area contributed by atoms with Crippen LogP contribution in [0.3, 0.4) is 0 Å². The Kier molecular flexibility index (Phi) is 6.77. The van der Waals surface area contributed by atoms with Crippen LogP contribution >= 0.6 is 0 Å². The van der Waals surface area contributed by atoms with Gasteiger partial charge >= 0.3 is 5.97 Å². The van der Waals surface area contributed by atoms with Crippen molar-refractivity contribution in [2.75, 3.05) is 6.61 Å². The van der Waals surface area contributed by atoms with Gasteiger partial charge < -0.3 is 15.0 Å². The monoisotopic (exact) mass is 466 g/mol. The summed E-state index contributed by atoms with van der Waals surface area (Å²) in [6.07, 6.45) is 4.04. The molecular weight excluding hydrogens is 432 g/mol. The number of nitrogens with one attached hydrogen (secondary N) is 1. The summed E-state index contributed by atoms with van der Waals surface area (Å²) in [6, 6.07) is 9.41. The van der Waals surface area contributed by atoms with E-state index in [1.165, 1.54) is 10.7 Å². The van der Waals surface area contributed by atoms with Crippen LogP contribution in [0.25, 0.3) is 0 Å². The number of hydrogen-bond acceptors (Lipinski definition) is 5. The molecule has 0 bridgehead atoms. The third-order valence-electron chi connectivity index (χ3n) is 7.21. The van der Waals surface area contributed by atoms with E-state index < -0.39 is 11.5 Å². The highest BCUT2D eigenvalue weighted by Gasteiger charge is 2.48. The summed E-state index contributed by atoms with van der Waals surface area (Å²) in [7, 11) is 0. The molecule has 8 heteroatoms. The second-order valence-electron chi connectivity index (χ2n) is 9.81. The number of nitrogens with zero attached hydrogens (tertiary/aromatic N) is 3. The van der Waals surface area contributed by atoms with Crippen LogP contribution in [0, 0.1) is 12.8 Å². The van der Waals surface area contributed by atoms with Gasteiger partial charge in [-0.2, -0.15) is 5.10 Å². The summed E-state index contributed by atoms with van der Waals surface area (Å²) >= 11 is 0. The van der Waals surface area contributed by atoms with E-state index >= 15 is 0 Å². The molecule has 1 fully saturated rings. The lowest BCUT2D eigenvalue weighted by Gasteiger charge is -2.44. The largest absolute Gasteiger partial charge is 0.461 e. The fourth-order valence-electron chi connectivity index (χ4n) is 4.90. The fraction of sp³-hybridized carbons (Fsp3) is 0.538. The van der Waals surface area contributed by atoms with Crippen molar-refractivity contribution in [3.05, 3.63) is 52.8 Å². The van der Waals surface area contributed by atoms with E-state index in [0.29, 0.717) is 5.92 Å². The molecule has 0 radical (unpaired) electrons. The average Bonchev–Trinajstić information content (AvgIpc) is 3.23. The van der Waals surface area contributed by atoms with Crippen LogP contribution in [0.5, 0.6) is 0 Å². The molecule has 1 atom stereocenters. The smallest absolute Gasteiger partial charge is 0.358 e. The van der Waals surface area contributed by atoms with Crippen LogP contribution < -0.4 is 5.32 Å². The quantitative estimate of drug-likeness (QED) is 0.658. The predicted octanol–water partition coefficient (Wildman–Crippen LogP) is 3.48. The van der Waals surface area contributed by atoms with Gasteiger partial charge in [0.25, 0.3) is 5.91 Å². The first kappa shape index (κ1) is 24.0. The van der Waals surface area contributed by atoms with E-state index in [0.717, 1.165) is 36.8 Å². The molecule has 1 aromatic heterocycles. The van der Waals surface area contributed by atoms with Gasteiger partial charge in [0.05, 0.1) is 13.2 Å². The standard InChI is InChI=1S/C26H34N4O4/c1-5-34-24(32)21-14-22-23(31)29(15-19-9-7-6-8-18(19)3)26(4,16-30(22)28-21)25(33)27-20-12-10-17(2)11-13-20/h6-9,14,17,20H,5,10-13,15-16H2,1-4H3,(H,27,33)/t17?,20?,26-/m1/s1. The van der Waals surface area contributed by atoms with Crippen molar-refractivity contribution < 1.29 is 19.1 Å². The van der Waals surface area contributed by atoms with E-state index in [1.54, 1.807) is 18.7 Å². The molecule has 4 rings (SSSR count). The van der Waals surface area contributed by atoms with Crippen molar-refractivity contribution in [1.29, 1.82) is 0 Å². The number of carbonyl (C=O) groups excluding carboxylic acids is 3. The van der Waals surface area contributed by atoms with Crippen molar-refractivity contribution in [3.63, 3.8) is 0 Å². The summed E-state index contributed by atoms with van der Waals surface area (Å²) in [4.78, 5) is 41.3. The molecule has 2 heterocycles. The molecule has 1 N–H and O–H groups in total. The minimum absolute atomic E-state index is 0.0759. The highest BCUT2D eigenvalue weighted by molar-refractivity contribution is 6.01. The van der Waals surface area contributed by atoms with Crippen molar-refractivity contribution in [1.82, 2.24) is 20.0 Å². The van der Waals surface area contributed by atoms with Gasteiger partial charge in [-0.1, -0.05) is 31.2 Å². The molecule has 2 amide bonds. The normalized spacial score (nSPS) is 24.5. The van der Waals surface area contributed by atoms with Crippen LogP contribution in [0.15, 0.2) is 30.3 Å². The van der Waals surface area contributed by atoms with Gasteiger partial charge in [-0.15, -0.1) is 0 Å². The van der Waals surface area contributed by atoms with Crippen molar-refractivity contribution >= 4 is 17.8 Å². The first-order valence-electron chi connectivity index (χ1n) is 12.1. The highest BCUT2D eigenvalue weighted by atomic mass is 16.5. The van der Waals surface area contributed by atoms with Gasteiger partial charge in [0.2, 0.25) is 5.91 Å². The SMILES string of the molecule is CCOC(=O)c1cc2n(n1)C[C@](C)(C(=O)NC1CCC(C)CC1)N(Cc1ccccc1C)C2=O. The summed E-state index contributed by atoms with van der Waals surface area (Å²) in [5, 5.41) is 7.54. The zero-order valence-electron chi connectivity index (χ0n) is 20.5. The van der Waals surface area contributed by atoms with E-state index in [4.69, 9.17) is 4.74 Å². The number of benzene rings is 1. The zero-order chi connectivity index (χ0) is 24.5. The molecule has 0 spiro atoms. The summed E-state index contributed by atoms with van der Waals surface area (Å²) in [6.45, 7) is 8.41. The molecule has 2 aromatic rings. The number of carbonyl (C=O) groups is 3. The first-order chi connectivity index (χ1) is 16.2. The van der Waals surface area contributed by atoms with E-state index in [1.807, 2.05) is 31.2 Å². The fourth-order valence-corrected chi connectivity index (χ4v) is 4.90. The van der Waals surface area contributed by atoms with Crippen LogP contribution in [-0.2, 0) is 22.6 Å². The Morgan fingerprint density at radius 3 is 2.59 bits per heavy atom. The van der Waals surface area contributed by atoms with E-state index in [9.17, 15) is 14.4 Å². The summed E-state index contributed by atoms with van der Waals surface area (Å²) < 4.78 is 6.55. The Bertz CT molecular complexity index is 1090. The number of ether oxygens (including phenoxy) is 1. The van der Waals surface area contributed by atoms with Crippen LogP contribution in [0.4, 0.5) is 0 Å². The Labute approximate surface area is 200 Å². The Hall–Kier alpha value is -3.16. The van der Waals surface area contributed by atoms with Crippen molar-refractivity contribution in [2.45, 2.75) is 78.0 Å². The number of aryl methyl sites for hydroxylation is 1. The van der Waals surface area contributed by atoms with Gasteiger partial charge in [-0.3, -0.25) is 14.3 Å². The number of fused-ring (bicyclic) bond motifs is 1. The highest BCUT2D eigenvalue weighted by Crippen LogP contribution is 2.31. The van der Waals surface area contributed by atoms with Crippen molar-refractivity contribution in [3.8, 4) is 0 Å². The molecule has 1 aliphatic carbocycles. The molecule has 0 saturated heterocycles. The molecule has 34 heavy (non-hydrogen) atoms. The molecule has 8 nitrogen and oxygen atoms in total. The molecular formula is C26H34N4O4. The maximum atomic E-state index is 13.7. The van der Waals surface area contributed by atoms with Crippen LogP contribution in [0.2, 0.25) is 0 Å². The Morgan fingerprint density at radius 2 is 1.91 bits per heavy atom. The molecule has 1 aliphatic heterocycles. The minimum Gasteiger partial charge on any atom is -0.461 e. The van der Waals surface area contributed by atoms with Gasteiger partial charge in [0.15, 0.2) is 5.69 Å². The first-order valence-corrected chi connectivity index (χ1v) is 12.1. The van der Waals surface area contributed by atoms with Gasteiger partial charge in [0.1, 0.15) is 11.2 Å².